The van der Waals surface area contributed by atoms with Gasteiger partial charge in [0.1, 0.15) is 0 Å². The van der Waals surface area contributed by atoms with Crippen LogP contribution in [0.5, 0.6) is 0 Å². The lowest BCUT2D eigenvalue weighted by Crippen LogP contribution is -2.25. The summed E-state index contributed by atoms with van der Waals surface area (Å²) in [4.78, 5) is 11.4. The number of benzene rings is 1. The number of aliphatic hydroxyl groups excluding tert-OH is 1. The largest absolute Gasteiger partial charge is 0.466 e. The molecule has 2 atom stereocenters. The van der Waals surface area contributed by atoms with Gasteiger partial charge >= 0.3 is 5.97 Å². The third-order valence-corrected chi connectivity index (χ3v) is 3.67. The minimum Gasteiger partial charge on any atom is -0.466 e. The molecular weight excluding hydrogens is 270 g/mol. The van der Waals surface area contributed by atoms with Crippen LogP contribution in [-0.4, -0.2) is 30.4 Å². The zero-order valence-corrected chi connectivity index (χ0v) is 12.4. The molecule has 1 aliphatic heterocycles. The number of hydrogen-bond donors (Lipinski definition) is 2. The first-order valence-corrected chi connectivity index (χ1v) is 7.43. The van der Waals surface area contributed by atoms with Crippen molar-refractivity contribution in [1.29, 1.82) is 0 Å². The van der Waals surface area contributed by atoms with Crippen molar-refractivity contribution in [3.05, 3.63) is 29.3 Å². The third-order valence-electron chi connectivity index (χ3n) is 3.67. The average Bonchev–Trinajstić information content (AvgIpc) is 2.48. The fourth-order valence-corrected chi connectivity index (χ4v) is 2.52. The normalized spacial score (nSPS) is 22.0. The van der Waals surface area contributed by atoms with E-state index in [0.717, 1.165) is 24.0 Å². The van der Waals surface area contributed by atoms with Gasteiger partial charge in [-0.1, -0.05) is 12.1 Å². The monoisotopic (exact) mass is 293 g/mol. The molecule has 5 nitrogen and oxygen atoms in total. The minimum absolute atomic E-state index is 0.0732. The quantitative estimate of drug-likeness (QED) is 0.641. The van der Waals surface area contributed by atoms with E-state index >= 15 is 0 Å². The van der Waals surface area contributed by atoms with E-state index in [9.17, 15) is 9.90 Å². The fourth-order valence-electron chi connectivity index (χ4n) is 2.52. The Morgan fingerprint density at radius 3 is 2.95 bits per heavy atom. The Kier molecular flexibility index (Phi) is 5.59. The van der Waals surface area contributed by atoms with Gasteiger partial charge in [-0.15, -0.1) is 0 Å². The van der Waals surface area contributed by atoms with Crippen LogP contribution < -0.4 is 5.73 Å². The average molecular weight is 293 g/mol. The van der Waals surface area contributed by atoms with Gasteiger partial charge in [0.05, 0.1) is 25.4 Å². The van der Waals surface area contributed by atoms with E-state index in [2.05, 4.69) is 0 Å². The molecule has 21 heavy (non-hydrogen) atoms. The summed E-state index contributed by atoms with van der Waals surface area (Å²) in [5, 5.41) is 9.49. The van der Waals surface area contributed by atoms with Crippen molar-refractivity contribution in [2.75, 3.05) is 18.9 Å². The van der Waals surface area contributed by atoms with Crippen LogP contribution in [0.4, 0.5) is 5.69 Å². The Bertz CT molecular complexity index is 481. The molecule has 1 saturated heterocycles. The highest BCUT2D eigenvalue weighted by molar-refractivity contribution is 5.69. The third kappa shape index (κ3) is 4.44. The molecule has 0 saturated carbocycles. The molecule has 1 heterocycles. The van der Waals surface area contributed by atoms with E-state index in [1.54, 1.807) is 6.92 Å². The molecule has 116 valence electrons. The van der Waals surface area contributed by atoms with Crippen molar-refractivity contribution in [2.24, 2.45) is 0 Å². The summed E-state index contributed by atoms with van der Waals surface area (Å²) in [5.74, 6) is -0.187. The number of nitrogens with two attached hydrogens (primary N) is 1. The van der Waals surface area contributed by atoms with Crippen LogP contribution in [-0.2, 0) is 20.7 Å². The molecule has 0 amide bonds. The Labute approximate surface area is 125 Å². The maximum atomic E-state index is 11.4. The molecule has 5 heteroatoms. The van der Waals surface area contributed by atoms with Gasteiger partial charge in [-0.05, 0) is 37.8 Å². The number of carbonyl (C=O) groups is 1. The van der Waals surface area contributed by atoms with Gasteiger partial charge in [0, 0.05) is 17.7 Å². The molecule has 0 aromatic heterocycles. The summed E-state index contributed by atoms with van der Waals surface area (Å²) in [6.07, 6.45) is 2.01. The summed E-state index contributed by atoms with van der Waals surface area (Å²) in [6, 6.07) is 5.77. The lowest BCUT2D eigenvalue weighted by atomic mass is 9.96. The molecule has 0 unspecified atom stereocenters. The van der Waals surface area contributed by atoms with Gasteiger partial charge in [0.25, 0.3) is 0 Å². The zero-order valence-electron chi connectivity index (χ0n) is 12.4. The van der Waals surface area contributed by atoms with Crippen molar-refractivity contribution in [3.8, 4) is 0 Å². The van der Waals surface area contributed by atoms with Crippen LogP contribution in [0.25, 0.3) is 0 Å². The van der Waals surface area contributed by atoms with Crippen LogP contribution in [0.15, 0.2) is 18.2 Å². The first kappa shape index (κ1) is 15.8. The van der Waals surface area contributed by atoms with E-state index in [1.165, 1.54) is 0 Å². The van der Waals surface area contributed by atoms with Crippen LogP contribution in [0.3, 0.4) is 0 Å². The van der Waals surface area contributed by atoms with Gasteiger partial charge in [0.2, 0.25) is 0 Å². The number of carbonyl (C=O) groups excluding carboxylic acids is 1. The van der Waals surface area contributed by atoms with Crippen molar-refractivity contribution < 1.29 is 19.4 Å². The summed E-state index contributed by atoms with van der Waals surface area (Å²) >= 11 is 0. The molecule has 1 aliphatic rings. The molecule has 0 radical (unpaired) electrons. The van der Waals surface area contributed by atoms with Crippen LogP contribution >= 0.6 is 0 Å². The van der Waals surface area contributed by atoms with Crippen molar-refractivity contribution in [3.63, 3.8) is 0 Å². The van der Waals surface area contributed by atoms with Gasteiger partial charge < -0.3 is 20.3 Å². The molecule has 0 spiro atoms. The van der Waals surface area contributed by atoms with Crippen molar-refractivity contribution in [2.45, 2.75) is 44.8 Å². The van der Waals surface area contributed by atoms with E-state index in [4.69, 9.17) is 15.2 Å². The Balaban J connectivity index is 2.01. The second kappa shape index (κ2) is 7.43. The molecule has 1 aromatic carbocycles. The van der Waals surface area contributed by atoms with E-state index in [1.807, 2.05) is 18.2 Å². The van der Waals surface area contributed by atoms with Gasteiger partial charge in [-0.2, -0.15) is 0 Å². The Morgan fingerprint density at radius 2 is 2.29 bits per heavy atom. The number of nitrogen functional groups attached to an aromatic ring is 1. The maximum Gasteiger partial charge on any atom is 0.306 e. The van der Waals surface area contributed by atoms with E-state index < -0.39 is 0 Å². The summed E-state index contributed by atoms with van der Waals surface area (Å²) in [5.41, 5.74) is 8.71. The molecular formula is C16H23NO4. The Morgan fingerprint density at radius 1 is 1.48 bits per heavy atom. The van der Waals surface area contributed by atoms with Crippen LogP contribution in [0.1, 0.15) is 43.4 Å². The summed E-state index contributed by atoms with van der Waals surface area (Å²) < 4.78 is 10.6. The Hall–Kier alpha value is -1.59. The highest BCUT2D eigenvalue weighted by Crippen LogP contribution is 2.32. The first-order chi connectivity index (χ1) is 10.1. The van der Waals surface area contributed by atoms with Gasteiger partial charge in [-0.3, -0.25) is 4.79 Å². The maximum absolute atomic E-state index is 11.4. The number of esters is 1. The second-order valence-corrected chi connectivity index (χ2v) is 5.32. The molecule has 0 bridgehead atoms. The van der Waals surface area contributed by atoms with Gasteiger partial charge in [0.15, 0.2) is 0 Å². The predicted molar refractivity (Wildman–Crippen MR) is 79.7 cm³/mol. The molecule has 2 rings (SSSR count). The van der Waals surface area contributed by atoms with Crippen LogP contribution in [0, 0.1) is 0 Å². The smallest absolute Gasteiger partial charge is 0.306 e. The number of rotatable bonds is 5. The molecule has 3 N–H and O–H groups in total. The summed E-state index contributed by atoms with van der Waals surface area (Å²) in [6.45, 7) is 2.55. The lowest BCUT2D eigenvalue weighted by molar-refractivity contribution is -0.143. The van der Waals surface area contributed by atoms with Crippen molar-refractivity contribution >= 4 is 11.7 Å². The molecule has 1 aromatic rings. The number of aliphatic hydroxyl groups is 1. The van der Waals surface area contributed by atoms with Crippen LogP contribution in [0.2, 0.25) is 0 Å². The topological polar surface area (TPSA) is 81.8 Å². The SMILES string of the molecule is CCOC(=O)CCc1ccc(N)c([C@H]2CC[C@@H](O)CO2)c1. The molecule has 0 aliphatic carbocycles. The standard InChI is InChI=1S/C16H23NO4/c1-2-20-16(19)8-4-11-3-6-14(17)13(9-11)15-7-5-12(18)10-21-15/h3,6,9,12,15,18H,2,4-5,7-8,10,17H2,1H3/t12-,15-/m1/s1. The number of hydrogen-bond acceptors (Lipinski definition) is 5. The van der Waals surface area contributed by atoms with Gasteiger partial charge in [-0.25, -0.2) is 0 Å². The zero-order chi connectivity index (χ0) is 15.2. The first-order valence-electron chi connectivity index (χ1n) is 7.43. The predicted octanol–water partition coefficient (Wildman–Crippen LogP) is 1.98. The second-order valence-electron chi connectivity index (χ2n) is 5.32. The van der Waals surface area contributed by atoms with Crippen molar-refractivity contribution in [1.82, 2.24) is 0 Å². The number of ether oxygens (including phenoxy) is 2. The van der Waals surface area contributed by atoms with E-state index in [0.29, 0.717) is 31.7 Å². The lowest BCUT2D eigenvalue weighted by Gasteiger charge is -2.27. The minimum atomic E-state index is -0.380. The van der Waals surface area contributed by atoms with E-state index in [-0.39, 0.29) is 18.2 Å². The highest BCUT2D eigenvalue weighted by Gasteiger charge is 2.23. The number of anilines is 1. The fraction of sp³-hybridized carbons (Fsp3) is 0.562. The number of aryl methyl sites for hydroxylation is 1. The highest BCUT2D eigenvalue weighted by atomic mass is 16.5. The molecule has 1 fully saturated rings. The summed E-state index contributed by atoms with van der Waals surface area (Å²) in [7, 11) is 0.